The SMILES string of the molecule is O=C(O)CC1Cc2ccccc2NC1=O. The largest absolute Gasteiger partial charge is 0.481 e. The van der Waals surface area contributed by atoms with Gasteiger partial charge in [-0.2, -0.15) is 0 Å². The Morgan fingerprint density at radius 3 is 2.93 bits per heavy atom. The quantitative estimate of drug-likeness (QED) is 0.764. The number of anilines is 1. The van der Waals surface area contributed by atoms with E-state index in [-0.39, 0.29) is 12.3 Å². The van der Waals surface area contributed by atoms with E-state index >= 15 is 0 Å². The summed E-state index contributed by atoms with van der Waals surface area (Å²) >= 11 is 0. The lowest BCUT2D eigenvalue weighted by molar-refractivity contribution is -0.140. The van der Waals surface area contributed by atoms with E-state index in [1.807, 2.05) is 24.3 Å². The Morgan fingerprint density at radius 1 is 1.47 bits per heavy atom. The number of nitrogens with one attached hydrogen (secondary N) is 1. The molecular weight excluding hydrogens is 194 g/mol. The van der Waals surface area contributed by atoms with Crippen LogP contribution < -0.4 is 5.32 Å². The van der Waals surface area contributed by atoms with Crippen molar-refractivity contribution in [2.45, 2.75) is 12.8 Å². The van der Waals surface area contributed by atoms with Crippen LogP contribution in [0, 0.1) is 5.92 Å². The zero-order valence-corrected chi connectivity index (χ0v) is 8.06. The van der Waals surface area contributed by atoms with Crippen LogP contribution in [0.1, 0.15) is 12.0 Å². The van der Waals surface area contributed by atoms with Crippen molar-refractivity contribution in [3.05, 3.63) is 29.8 Å². The lowest BCUT2D eigenvalue weighted by Crippen LogP contribution is -2.31. The number of amides is 1. The molecule has 0 aromatic heterocycles. The third-order valence-corrected chi connectivity index (χ3v) is 2.53. The zero-order chi connectivity index (χ0) is 10.8. The van der Waals surface area contributed by atoms with Gasteiger partial charge in [-0.25, -0.2) is 0 Å². The molecule has 4 nitrogen and oxygen atoms in total. The van der Waals surface area contributed by atoms with E-state index in [0.717, 1.165) is 11.3 Å². The molecule has 0 saturated carbocycles. The molecule has 15 heavy (non-hydrogen) atoms. The van der Waals surface area contributed by atoms with E-state index in [2.05, 4.69) is 5.32 Å². The number of rotatable bonds is 2. The molecule has 1 aromatic rings. The van der Waals surface area contributed by atoms with Crippen LogP contribution in [0.4, 0.5) is 5.69 Å². The molecule has 0 saturated heterocycles. The Hall–Kier alpha value is -1.84. The summed E-state index contributed by atoms with van der Waals surface area (Å²) in [6, 6.07) is 7.46. The van der Waals surface area contributed by atoms with E-state index in [4.69, 9.17) is 5.11 Å². The van der Waals surface area contributed by atoms with Crippen molar-refractivity contribution >= 4 is 17.6 Å². The molecule has 1 aliphatic rings. The van der Waals surface area contributed by atoms with Gasteiger partial charge in [0.25, 0.3) is 0 Å². The second-order valence-corrected chi connectivity index (χ2v) is 3.65. The van der Waals surface area contributed by atoms with Crippen molar-refractivity contribution in [1.82, 2.24) is 0 Å². The van der Waals surface area contributed by atoms with Crippen LogP contribution in [-0.2, 0) is 16.0 Å². The number of para-hydroxylation sites is 1. The average molecular weight is 205 g/mol. The summed E-state index contributed by atoms with van der Waals surface area (Å²) in [7, 11) is 0. The third-order valence-electron chi connectivity index (χ3n) is 2.53. The van der Waals surface area contributed by atoms with Gasteiger partial charge in [0.2, 0.25) is 5.91 Å². The first-order valence-electron chi connectivity index (χ1n) is 4.77. The molecule has 1 aromatic carbocycles. The summed E-state index contributed by atoms with van der Waals surface area (Å²) in [5, 5.41) is 11.4. The normalized spacial score (nSPS) is 19.2. The Balaban J connectivity index is 2.22. The van der Waals surface area contributed by atoms with Crippen molar-refractivity contribution < 1.29 is 14.7 Å². The number of carbonyl (C=O) groups is 2. The molecule has 1 unspecified atom stereocenters. The minimum absolute atomic E-state index is 0.111. The minimum Gasteiger partial charge on any atom is -0.481 e. The zero-order valence-electron chi connectivity index (χ0n) is 8.06. The highest BCUT2D eigenvalue weighted by atomic mass is 16.4. The number of aliphatic carboxylic acids is 1. The summed E-state index contributed by atoms with van der Waals surface area (Å²) in [5.74, 6) is -1.58. The van der Waals surface area contributed by atoms with Gasteiger partial charge in [0, 0.05) is 5.69 Å². The van der Waals surface area contributed by atoms with Crippen LogP contribution in [-0.4, -0.2) is 17.0 Å². The van der Waals surface area contributed by atoms with Crippen LogP contribution in [0.25, 0.3) is 0 Å². The molecule has 4 heteroatoms. The van der Waals surface area contributed by atoms with Gasteiger partial charge in [-0.3, -0.25) is 9.59 Å². The number of carbonyl (C=O) groups excluding carboxylic acids is 1. The van der Waals surface area contributed by atoms with Crippen LogP contribution in [0.2, 0.25) is 0 Å². The molecule has 2 N–H and O–H groups in total. The fourth-order valence-corrected chi connectivity index (χ4v) is 1.79. The van der Waals surface area contributed by atoms with E-state index in [9.17, 15) is 9.59 Å². The number of hydrogen-bond acceptors (Lipinski definition) is 2. The predicted molar refractivity (Wildman–Crippen MR) is 54.5 cm³/mol. The van der Waals surface area contributed by atoms with Crippen molar-refractivity contribution in [3.63, 3.8) is 0 Å². The number of hydrogen-bond donors (Lipinski definition) is 2. The van der Waals surface area contributed by atoms with Gasteiger partial charge in [0.15, 0.2) is 0 Å². The smallest absolute Gasteiger partial charge is 0.304 e. The maximum Gasteiger partial charge on any atom is 0.304 e. The second kappa shape index (κ2) is 3.73. The number of benzene rings is 1. The fourth-order valence-electron chi connectivity index (χ4n) is 1.79. The first-order valence-corrected chi connectivity index (χ1v) is 4.77. The predicted octanol–water partition coefficient (Wildman–Crippen LogP) is 1.27. The van der Waals surface area contributed by atoms with Crippen molar-refractivity contribution in [1.29, 1.82) is 0 Å². The molecule has 2 rings (SSSR count). The molecule has 78 valence electrons. The molecule has 1 atom stereocenters. The highest BCUT2D eigenvalue weighted by Gasteiger charge is 2.27. The summed E-state index contributed by atoms with van der Waals surface area (Å²) < 4.78 is 0. The van der Waals surface area contributed by atoms with Crippen LogP contribution in [0.3, 0.4) is 0 Å². The number of fused-ring (bicyclic) bond motifs is 1. The number of carboxylic acid groups (broad SMARTS) is 1. The van der Waals surface area contributed by atoms with Gasteiger partial charge in [-0.15, -0.1) is 0 Å². The summed E-state index contributed by atoms with van der Waals surface area (Å²) in [6.45, 7) is 0. The van der Waals surface area contributed by atoms with Gasteiger partial charge < -0.3 is 10.4 Å². The Bertz CT molecular complexity index is 414. The molecule has 1 heterocycles. The highest BCUT2D eigenvalue weighted by Crippen LogP contribution is 2.26. The molecule has 0 fully saturated rings. The fraction of sp³-hybridized carbons (Fsp3) is 0.273. The van der Waals surface area contributed by atoms with Crippen LogP contribution in [0.15, 0.2) is 24.3 Å². The van der Waals surface area contributed by atoms with Gasteiger partial charge in [-0.1, -0.05) is 18.2 Å². The lowest BCUT2D eigenvalue weighted by atomic mass is 9.91. The van der Waals surface area contributed by atoms with Crippen LogP contribution >= 0.6 is 0 Å². The summed E-state index contributed by atoms with van der Waals surface area (Å²) in [5.41, 5.74) is 1.80. The van der Waals surface area contributed by atoms with E-state index in [0.29, 0.717) is 6.42 Å². The van der Waals surface area contributed by atoms with E-state index in [1.54, 1.807) is 0 Å². The van der Waals surface area contributed by atoms with E-state index in [1.165, 1.54) is 0 Å². The van der Waals surface area contributed by atoms with Crippen molar-refractivity contribution in [3.8, 4) is 0 Å². The standard InChI is InChI=1S/C11H11NO3/c13-10(14)6-8-5-7-3-1-2-4-9(7)12-11(8)15/h1-4,8H,5-6H2,(H,12,15)(H,13,14). The maximum atomic E-state index is 11.5. The first kappa shape index (κ1) is 9.71. The topological polar surface area (TPSA) is 66.4 Å². The summed E-state index contributed by atoms with van der Waals surface area (Å²) in [6.07, 6.45) is 0.397. The monoisotopic (exact) mass is 205 g/mol. The molecule has 0 radical (unpaired) electrons. The van der Waals surface area contributed by atoms with Gasteiger partial charge in [-0.05, 0) is 18.1 Å². The van der Waals surface area contributed by atoms with Gasteiger partial charge >= 0.3 is 5.97 Å². The molecule has 0 spiro atoms. The molecule has 0 bridgehead atoms. The Morgan fingerprint density at radius 2 is 2.20 bits per heavy atom. The minimum atomic E-state index is -0.936. The molecule has 1 amide bonds. The molecule has 0 aliphatic carbocycles. The second-order valence-electron chi connectivity index (χ2n) is 3.65. The van der Waals surface area contributed by atoms with Crippen molar-refractivity contribution in [2.24, 2.45) is 5.92 Å². The average Bonchev–Trinajstić information content (AvgIpc) is 2.18. The van der Waals surface area contributed by atoms with Crippen LogP contribution in [0.5, 0.6) is 0 Å². The molecule has 1 aliphatic heterocycles. The summed E-state index contributed by atoms with van der Waals surface area (Å²) in [4.78, 5) is 22.1. The first-order chi connectivity index (χ1) is 7.16. The third kappa shape index (κ3) is 1.98. The maximum absolute atomic E-state index is 11.5. The Kier molecular flexibility index (Phi) is 2.41. The number of carboxylic acids is 1. The highest BCUT2D eigenvalue weighted by molar-refractivity contribution is 5.97. The lowest BCUT2D eigenvalue weighted by Gasteiger charge is -2.23. The van der Waals surface area contributed by atoms with Gasteiger partial charge in [0.1, 0.15) is 0 Å². The van der Waals surface area contributed by atoms with E-state index < -0.39 is 11.9 Å². The Labute approximate surface area is 86.9 Å². The van der Waals surface area contributed by atoms with Gasteiger partial charge in [0.05, 0.1) is 12.3 Å². The van der Waals surface area contributed by atoms with Crippen molar-refractivity contribution in [2.75, 3.05) is 5.32 Å². The molecular formula is C11H11NO3.